The summed E-state index contributed by atoms with van der Waals surface area (Å²) in [5.41, 5.74) is 3.24. The molecule has 0 atom stereocenters. The van der Waals surface area contributed by atoms with E-state index in [-0.39, 0.29) is 11.2 Å². The lowest BCUT2D eigenvalue weighted by Gasteiger charge is -2.32. The normalized spacial score (nSPS) is 18.8. The van der Waals surface area contributed by atoms with Gasteiger partial charge in [0.15, 0.2) is 0 Å². The van der Waals surface area contributed by atoms with Crippen LogP contribution in [-0.2, 0) is 9.31 Å². The van der Waals surface area contributed by atoms with Crippen LogP contribution in [0.5, 0.6) is 0 Å². The highest BCUT2D eigenvalue weighted by molar-refractivity contribution is 6.66. The summed E-state index contributed by atoms with van der Waals surface area (Å²) in [6.07, 6.45) is 0. The van der Waals surface area contributed by atoms with Gasteiger partial charge in [-0.05, 0) is 62.5 Å². The van der Waals surface area contributed by atoms with Gasteiger partial charge in [0, 0.05) is 10.8 Å². The van der Waals surface area contributed by atoms with Crippen LogP contribution >= 0.6 is 0 Å². The Labute approximate surface area is 159 Å². The van der Waals surface area contributed by atoms with Gasteiger partial charge in [0.05, 0.1) is 11.2 Å². The lowest BCUT2D eigenvalue weighted by Crippen LogP contribution is -2.41. The first-order valence-electron chi connectivity index (χ1n) is 9.48. The Balaban J connectivity index is 1.84. The maximum absolute atomic E-state index is 6.34. The molecule has 0 saturated carbocycles. The van der Waals surface area contributed by atoms with Crippen LogP contribution in [0.1, 0.15) is 33.3 Å². The van der Waals surface area contributed by atoms with E-state index in [1.165, 1.54) is 5.39 Å². The average molecular weight is 358 g/mol. The van der Waals surface area contributed by atoms with Crippen molar-refractivity contribution in [2.24, 2.45) is 0 Å². The Morgan fingerprint density at radius 1 is 0.778 bits per heavy atom. The molecule has 0 amide bonds. The Kier molecular flexibility index (Phi) is 3.35. The lowest BCUT2D eigenvalue weighted by molar-refractivity contribution is 0.00578. The molecular weight excluding hydrogens is 335 g/mol. The van der Waals surface area contributed by atoms with E-state index in [1.807, 2.05) is 0 Å². The van der Waals surface area contributed by atoms with Gasteiger partial charge in [-0.25, -0.2) is 0 Å². The van der Waals surface area contributed by atoms with Gasteiger partial charge < -0.3 is 13.7 Å². The summed E-state index contributed by atoms with van der Waals surface area (Å²) in [5, 5.41) is 4.63. The molecule has 0 radical (unpaired) electrons. The minimum Gasteiger partial charge on any atom is -0.456 e. The Bertz CT molecular complexity index is 1190. The second kappa shape index (κ2) is 5.37. The number of fused-ring (bicyclic) bond motifs is 5. The Morgan fingerprint density at radius 2 is 1.41 bits per heavy atom. The first kappa shape index (κ1) is 16.8. The van der Waals surface area contributed by atoms with E-state index in [2.05, 4.69) is 83.1 Å². The van der Waals surface area contributed by atoms with Gasteiger partial charge in [0.1, 0.15) is 11.2 Å². The molecule has 27 heavy (non-hydrogen) atoms. The first-order valence-corrected chi connectivity index (χ1v) is 9.48. The predicted octanol–water partition coefficient (Wildman–Crippen LogP) is 5.35. The third-order valence-electron chi connectivity index (χ3n) is 6.24. The van der Waals surface area contributed by atoms with Crippen molar-refractivity contribution < 1.29 is 13.7 Å². The number of hydrogen-bond donors (Lipinski definition) is 0. The molecule has 0 spiro atoms. The van der Waals surface area contributed by atoms with E-state index >= 15 is 0 Å². The zero-order chi connectivity index (χ0) is 19.0. The third-order valence-corrected chi connectivity index (χ3v) is 6.24. The van der Waals surface area contributed by atoms with E-state index in [4.69, 9.17) is 13.7 Å². The summed E-state index contributed by atoms with van der Waals surface area (Å²) in [7, 11) is -0.418. The topological polar surface area (TPSA) is 31.6 Å². The smallest absolute Gasteiger partial charge is 0.456 e. The van der Waals surface area contributed by atoms with Gasteiger partial charge in [0.2, 0.25) is 0 Å². The van der Waals surface area contributed by atoms with Crippen molar-refractivity contribution in [3.63, 3.8) is 0 Å². The zero-order valence-corrected chi connectivity index (χ0v) is 16.4. The number of aryl methyl sites for hydroxylation is 1. The van der Waals surface area contributed by atoms with Crippen LogP contribution in [0.15, 0.2) is 52.9 Å². The molecular formula is C23H23BO3. The molecule has 0 aliphatic carbocycles. The second-order valence-electron chi connectivity index (χ2n) is 8.53. The largest absolute Gasteiger partial charge is 0.495 e. The highest BCUT2D eigenvalue weighted by atomic mass is 16.7. The molecule has 1 aliphatic rings. The van der Waals surface area contributed by atoms with Crippen molar-refractivity contribution >= 4 is 45.3 Å². The SMILES string of the molecule is Cc1cccc2c1oc1cc(B3OC(C)(C)C(C)(C)O3)c3ccccc3c12. The standard InChI is InChI=1S/C23H23BO3/c1-14-9-8-12-17-20-16-11-7-6-10-15(16)18(13-19(20)25-21(14)17)24-26-22(2,3)23(4,5)27-24/h6-13H,1-5H3. The fourth-order valence-corrected chi connectivity index (χ4v) is 3.99. The van der Waals surface area contributed by atoms with Crippen molar-refractivity contribution in [2.75, 3.05) is 0 Å². The number of hydrogen-bond acceptors (Lipinski definition) is 3. The molecule has 1 aliphatic heterocycles. The van der Waals surface area contributed by atoms with Crippen LogP contribution in [0.4, 0.5) is 0 Å². The Hall–Kier alpha value is -2.30. The maximum Gasteiger partial charge on any atom is 0.495 e. The fraction of sp³-hybridized carbons (Fsp3) is 0.304. The molecule has 5 rings (SSSR count). The predicted molar refractivity (Wildman–Crippen MR) is 112 cm³/mol. The summed E-state index contributed by atoms with van der Waals surface area (Å²) in [6.45, 7) is 10.4. The molecule has 3 aromatic carbocycles. The summed E-state index contributed by atoms with van der Waals surface area (Å²) in [4.78, 5) is 0. The number of rotatable bonds is 1. The van der Waals surface area contributed by atoms with E-state index in [9.17, 15) is 0 Å². The molecule has 4 heteroatoms. The highest BCUT2D eigenvalue weighted by Crippen LogP contribution is 2.39. The first-order chi connectivity index (χ1) is 12.8. The molecule has 136 valence electrons. The molecule has 1 saturated heterocycles. The molecule has 0 N–H and O–H groups in total. The minimum absolute atomic E-state index is 0.377. The molecule has 2 heterocycles. The number of furan rings is 1. The van der Waals surface area contributed by atoms with Crippen LogP contribution in [0.25, 0.3) is 32.7 Å². The number of para-hydroxylation sites is 1. The average Bonchev–Trinajstić information content (AvgIpc) is 3.09. The monoisotopic (exact) mass is 358 g/mol. The van der Waals surface area contributed by atoms with Crippen LogP contribution in [0.2, 0.25) is 0 Å². The number of benzene rings is 3. The van der Waals surface area contributed by atoms with Crippen molar-refractivity contribution in [3.05, 3.63) is 54.1 Å². The summed E-state index contributed by atoms with van der Waals surface area (Å²) in [6, 6.07) is 16.8. The maximum atomic E-state index is 6.34. The van der Waals surface area contributed by atoms with Crippen molar-refractivity contribution in [1.29, 1.82) is 0 Å². The van der Waals surface area contributed by atoms with E-state index < -0.39 is 7.12 Å². The molecule has 4 aromatic rings. The zero-order valence-electron chi connectivity index (χ0n) is 16.4. The third kappa shape index (κ3) is 2.30. The van der Waals surface area contributed by atoms with Crippen LogP contribution in [0.3, 0.4) is 0 Å². The second-order valence-corrected chi connectivity index (χ2v) is 8.53. The van der Waals surface area contributed by atoms with E-state index in [1.54, 1.807) is 0 Å². The molecule has 0 bridgehead atoms. The van der Waals surface area contributed by atoms with Crippen LogP contribution in [-0.4, -0.2) is 18.3 Å². The van der Waals surface area contributed by atoms with Gasteiger partial charge in [-0.2, -0.15) is 0 Å². The molecule has 3 nitrogen and oxygen atoms in total. The molecule has 0 unspecified atom stereocenters. The van der Waals surface area contributed by atoms with Gasteiger partial charge in [-0.15, -0.1) is 0 Å². The molecule has 1 aromatic heterocycles. The van der Waals surface area contributed by atoms with Gasteiger partial charge in [0.25, 0.3) is 0 Å². The summed E-state index contributed by atoms with van der Waals surface area (Å²) < 4.78 is 19.0. The minimum atomic E-state index is -0.418. The van der Waals surface area contributed by atoms with E-state index in [0.29, 0.717) is 0 Å². The van der Waals surface area contributed by atoms with Crippen molar-refractivity contribution in [1.82, 2.24) is 0 Å². The van der Waals surface area contributed by atoms with Gasteiger partial charge in [-0.3, -0.25) is 0 Å². The van der Waals surface area contributed by atoms with Crippen molar-refractivity contribution in [2.45, 2.75) is 45.8 Å². The molecule has 1 fully saturated rings. The van der Waals surface area contributed by atoms with Gasteiger partial charge in [-0.1, -0.05) is 42.5 Å². The summed E-state index contributed by atoms with van der Waals surface area (Å²) >= 11 is 0. The summed E-state index contributed by atoms with van der Waals surface area (Å²) in [5.74, 6) is 0. The van der Waals surface area contributed by atoms with Crippen LogP contribution < -0.4 is 5.46 Å². The van der Waals surface area contributed by atoms with E-state index in [0.717, 1.165) is 38.4 Å². The Morgan fingerprint density at radius 3 is 2.11 bits per heavy atom. The quantitative estimate of drug-likeness (QED) is 0.430. The highest BCUT2D eigenvalue weighted by Gasteiger charge is 2.52. The fourth-order valence-electron chi connectivity index (χ4n) is 3.99. The van der Waals surface area contributed by atoms with Crippen LogP contribution in [0, 0.1) is 6.92 Å². The lowest BCUT2D eigenvalue weighted by atomic mass is 9.75. The van der Waals surface area contributed by atoms with Gasteiger partial charge >= 0.3 is 7.12 Å². The van der Waals surface area contributed by atoms with Crippen molar-refractivity contribution in [3.8, 4) is 0 Å².